The predicted octanol–water partition coefficient (Wildman–Crippen LogP) is 2.34. The smallest absolute Gasteiger partial charge is 0.310 e. The minimum Gasteiger partial charge on any atom is -0.469 e. The van der Waals surface area contributed by atoms with Crippen LogP contribution in [0.5, 0.6) is 0 Å². The zero-order valence-corrected chi connectivity index (χ0v) is 17.4. The minimum absolute atomic E-state index is 0.0940. The van der Waals surface area contributed by atoms with Crippen LogP contribution in [0, 0.1) is 11.8 Å². The number of aliphatic imine (C=N–C) groups is 1. The summed E-state index contributed by atoms with van der Waals surface area (Å²) in [7, 11) is 3.25. The molecule has 1 N–H and O–H groups in total. The molecule has 1 fully saturated rings. The molecule has 150 valence electrons. The number of likely N-dealkylation sites (tertiary alicyclic amines) is 1. The molecule has 0 saturated carbocycles. The maximum Gasteiger partial charge on any atom is 0.310 e. The van der Waals surface area contributed by atoms with Crippen molar-refractivity contribution in [3.8, 4) is 0 Å². The number of hydrogen-bond acceptors (Lipinski definition) is 4. The summed E-state index contributed by atoms with van der Waals surface area (Å²) in [6.45, 7) is 11.7. The summed E-state index contributed by atoms with van der Waals surface area (Å²) in [6.07, 6.45) is 0. The zero-order chi connectivity index (χ0) is 19.8. The maximum absolute atomic E-state index is 12.0. The van der Waals surface area contributed by atoms with Gasteiger partial charge in [0.15, 0.2) is 5.96 Å². The molecule has 27 heavy (non-hydrogen) atoms. The first-order chi connectivity index (χ1) is 13.0. The topological polar surface area (TPSA) is 57.2 Å². The van der Waals surface area contributed by atoms with Crippen LogP contribution < -0.4 is 5.32 Å². The van der Waals surface area contributed by atoms with Gasteiger partial charge >= 0.3 is 5.97 Å². The fourth-order valence-electron chi connectivity index (χ4n) is 3.68. The molecule has 0 bridgehead atoms. The van der Waals surface area contributed by atoms with Crippen molar-refractivity contribution in [3.63, 3.8) is 0 Å². The van der Waals surface area contributed by atoms with E-state index in [0.29, 0.717) is 6.54 Å². The Labute approximate surface area is 163 Å². The second-order valence-electron chi connectivity index (χ2n) is 7.14. The predicted molar refractivity (Wildman–Crippen MR) is 110 cm³/mol. The molecular weight excluding hydrogens is 340 g/mol. The third kappa shape index (κ3) is 5.45. The Morgan fingerprint density at radius 2 is 1.93 bits per heavy atom. The Balaban J connectivity index is 2.02. The zero-order valence-electron chi connectivity index (χ0n) is 17.4. The molecular formula is C21H34N4O2. The van der Waals surface area contributed by atoms with E-state index in [1.54, 1.807) is 7.05 Å². The van der Waals surface area contributed by atoms with Crippen LogP contribution in [-0.2, 0) is 22.6 Å². The third-order valence-electron chi connectivity index (χ3n) is 5.47. The highest BCUT2D eigenvalue weighted by Crippen LogP contribution is 2.24. The highest BCUT2D eigenvalue weighted by atomic mass is 16.5. The van der Waals surface area contributed by atoms with Crippen molar-refractivity contribution in [1.29, 1.82) is 0 Å². The van der Waals surface area contributed by atoms with Gasteiger partial charge in [-0.2, -0.15) is 0 Å². The van der Waals surface area contributed by atoms with E-state index in [9.17, 15) is 4.79 Å². The molecule has 1 saturated heterocycles. The molecule has 0 radical (unpaired) electrons. The molecule has 0 amide bonds. The molecule has 1 aromatic rings. The summed E-state index contributed by atoms with van der Waals surface area (Å²) >= 11 is 0. The van der Waals surface area contributed by atoms with Gasteiger partial charge in [0.1, 0.15) is 0 Å². The molecule has 2 rings (SSSR count). The molecule has 1 aliphatic heterocycles. The minimum atomic E-state index is -0.134. The van der Waals surface area contributed by atoms with Crippen molar-refractivity contribution in [3.05, 3.63) is 35.4 Å². The Morgan fingerprint density at radius 1 is 1.26 bits per heavy atom. The summed E-state index contributed by atoms with van der Waals surface area (Å²) in [6, 6.07) is 8.54. The highest BCUT2D eigenvalue weighted by molar-refractivity contribution is 5.82. The van der Waals surface area contributed by atoms with Crippen LogP contribution in [0.1, 0.15) is 31.9 Å². The van der Waals surface area contributed by atoms with Crippen LogP contribution in [0.25, 0.3) is 0 Å². The number of rotatable bonds is 7. The Bertz CT molecular complexity index is 643. The van der Waals surface area contributed by atoms with Crippen LogP contribution in [-0.4, -0.2) is 62.1 Å². The molecule has 1 aromatic carbocycles. The van der Waals surface area contributed by atoms with E-state index in [-0.39, 0.29) is 17.8 Å². The van der Waals surface area contributed by atoms with Gasteiger partial charge < -0.3 is 15.0 Å². The monoisotopic (exact) mass is 374 g/mol. The average molecular weight is 375 g/mol. The van der Waals surface area contributed by atoms with E-state index >= 15 is 0 Å². The highest BCUT2D eigenvalue weighted by Gasteiger charge is 2.36. The number of methoxy groups -OCH3 is 1. The van der Waals surface area contributed by atoms with E-state index in [1.807, 2.05) is 0 Å². The van der Waals surface area contributed by atoms with Gasteiger partial charge in [0.05, 0.1) is 13.0 Å². The molecule has 1 aliphatic rings. The van der Waals surface area contributed by atoms with Gasteiger partial charge in [-0.05, 0) is 30.1 Å². The molecule has 2 unspecified atom stereocenters. The first kappa shape index (κ1) is 21.2. The lowest BCUT2D eigenvalue weighted by Gasteiger charge is -2.23. The van der Waals surface area contributed by atoms with Crippen LogP contribution in [0.15, 0.2) is 29.3 Å². The molecule has 0 aliphatic carbocycles. The average Bonchev–Trinajstić information content (AvgIpc) is 3.08. The summed E-state index contributed by atoms with van der Waals surface area (Å²) < 4.78 is 4.94. The molecule has 0 spiro atoms. The lowest BCUT2D eigenvalue weighted by Crippen LogP contribution is -2.40. The molecule has 1 heterocycles. The first-order valence-electron chi connectivity index (χ1n) is 9.86. The van der Waals surface area contributed by atoms with Gasteiger partial charge in [0, 0.05) is 33.2 Å². The number of nitrogens with zero attached hydrogens (tertiary/aromatic N) is 3. The maximum atomic E-state index is 12.0. The number of esters is 1. The van der Waals surface area contributed by atoms with Crippen molar-refractivity contribution in [2.24, 2.45) is 16.8 Å². The van der Waals surface area contributed by atoms with Crippen LogP contribution >= 0.6 is 0 Å². The molecule has 6 heteroatoms. The van der Waals surface area contributed by atoms with Gasteiger partial charge in [0.25, 0.3) is 0 Å². The summed E-state index contributed by atoms with van der Waals surface area (Å²) in [4.78, 5) is 20.9. The second kappa shape index (κ2) is 10.3. The number of benzene rings is 1. The van der Waals surface area contributed by atoms with Crippen molar-refractivity contribution in [2.75, 3.05) is 40.3 Å². The fourth-order valence-corrected chi connectivity index (χ4v) is 3.68. The Kier molecular flexibility index (Phi) is 8.10. The SMILES string of the molecule is CCN(CC)Cc1ccccc1CNC(=NC)N1CC(C)C(C(=O)OC)C1. The number of nitrogens with one attached hydrogen (secondary N) is 1. The summed E-state index contributed by atoms with van der Waals surface area (Å²) in [5.74, 6) is 0.866. The van der Waals surface area contributed by atoms with Gasteiger partial charge in [-0.15, -0.1) is 0 Å². The Morgan fingerprint density at radius 3 is 2.52 bits per heavy atom. The largest absolute Gasteiger partial charge is 0.469 e. The molecule has 0 aromatic heterocycles. The summed E-state index contributed by atoms with van der Waals surface area (Å²) in [5.41, 5.74) is 2.62. The van der Waals surface area contributed by atoms with Gasteiger partial charge in [-0.3, -0.25) is 14.7 Å². The standard InChI is InChI=1S/C21H34N4O2/c1-6-24(7-2)14-18-11-9-8-10-17(18)12-23-21(22-4)25-13-16(3)19(15-25)20(26)27-5/h8-11,16,19H,6-7,12-15H2,1-5H3,(H,22,23). The van der Waals surface area contributed by atoms with Crippen LogP contribution in [0.2, 0.25) is 0 Å². The van der Waals surface area contributed by atoms with Crippen LogP contribution in [0.3, 0.4) is 0 Å². The van der Waals surface area contributed by atoms with Gasteiger partial charge in [-0.1, -0.05) is 45.0 Å². The van der Waals surface area contributed by atoms with E-state index in [2.05, 4.69) is 65.1 Å². The second-order valence-corrected chi connectivity index (χ2v) is 7.14. The fraction of sp³-hybridized carbons (Fsp3) is 0.619. The number of ether oxygens (including phenoxy) is 1. The number of guanidine groups is 1. The number of hydrogen-bond donors (Lipinski definition) is 1. The van der Waals surface area contributed by atoms with Crippen molar-refractivity contribution in [1.82, 2.24) is 15.1 Å². The Hall–Kier alpha value is -2.08. The van der Waals surface area contributed by atoms with Crippen LogP contribution in [0.4, 0.5) is 0 Å². The third-order valence-corrected chi connectivity index (χ3v) is 5.47. The first-order valence-corrected chi connectivity index (χ1v) is 9.86. The van der Waals surface area contributed by atoms with Gasteiger partial charge in [0.2, 0.25) is 0 Å². The summed E-state index contributed by atoms with van der Waals surface area (Å²) in [5, 5.41) is 3.48. The van der Waals surface area contributed by atoms with E-state index in [1.165, 1.54) is 18.2 Å². The van der Waals surface area contributed by atoms with Crippen molar-refractivity contribution in [2.45, 2.75) is 33.9 Å². The lowest BCUT2D eigenvalue weighted by molar-refractivity contribution is -0.145. The quantitative estimate of drug-likeness (QED) is 0.451. The van der Waals surface area contributed by atoms with Gasteiger partial charge in [-0.25, -0.2) is 0 Å². The molecule has 6 nitrogen and oxygen atoms in total. The molecule has 2 atom stereocenters. The lowest BCUT2D eigenvalue weighted by atomic mass is 9.99. The van der Waals surface area contributed by atoms with Crippen molar-refractivity contribution < 1.29 is 9.53 Å². The normalized spacial score (nSPS) is 20.2. The van der Waals surface area contributed by atoms with E-state index in [0.717, 1.165) is 38.7 Å². The number of carbonyl (C=O) groups excluding carboxylic acids is 1. The van der Waals surface area contributed by atoms with E-state index in [4.69, 9.17) is 4.74 Å². The van der Waals surface area contributed by atoms with Crippen molar-refractivity contribution >= 4 is 11.9 Å². The van der Waals surface area contributed by atoms with E-state index < -0.39 is 0 Å². The number of carbonyl (C=O) groups is 1.